The highest BCUT2D eigenvalue weighted by atomic mass is 32.1. The van der Waals surface area contributed by atoms with Gasteiger partial charge in [0.2, 0.25) is 11.8 Å². The van der Waals surface area contributed by atoms with Crippen LogP contribution in [0.5, 0.6) is 5.75 Å². The number of carbonyl (C=O) groups is 1. The molecule has 25 heavy (non-hydrogen) atoms. The first-order valence-electron chi connectivity index (χ1n) is 8.34. The highest BCUT2D eigenvalue weighted by Gasteiger charge is 2.23. The van der Waals surface area contributed by atoms with Gasteiger partial charge in [-0.3, -0.25) is 9.69 Å². The van der Waals surface area contributed by atoms with Gasteiger partial charge in [-0.05, 0) is 63.3 Å². The van der Waals surface area contributed by atoms with Gasteiger partial charge in [0.1, 0.15) is 5.75 Å². The first-order valence-corrected chi connectivity index (χ1v) is 8.75. The summed E-state index contributed by atoms with van der Waals surface area (Å²) in [5, 5.41) is 7.37. The number of rotatable bonds is 8. The predicted octanol–water partition coefficient (Wildman–Crippen LogP) is 2.44. The Balaban J connectivity index is 1.63. The van der Waals surface area contributed by atoms with Crippen molar-refractivity contribution in [2.45, 2.75) is 32.5 Å². The molecule has 1 heterocycles. The van der Waals surface area contributed by atoms with E-state index >= 15 is 0 Å². The standard InChI is InChI=1S/C17H22N4O3S/c1-3-23-14-8-4-12(5-9-14)16-19-21(17(25)24-16)11-20(2)10-15(22)18-13-6-7-13/h4-5,8-9,13H,3,6-7,10-11H2,1-2H3,(H,18,22). The van der Waals surface area contributed by atoms with E-state index in [0.717, 1.165) is 24.2 Å². The molecule has 1 aliphatic carbocycles. The number of amides is 1. The molecule has 1 aromatic heterocycles. The van der Waals surface area contributed by atoms with Crippen molar-refractivity contribution in [3.05, 3.63) is 29.1 Å². The fourth-order valence-electron chi connectivity index (χ4n) is 2.40. The van der Waals surface area contributed by atoms with E-state index in [4.69, 9.17) is 21.4 Å². The molecule has 2 aromatic rings. The number of nitrogens with zero attached hydrogens (tertiary/aromatic N) is 3. The zero-order chi connectivity index (χ0) is 17.8. The van der Waals surface area contributed by atoms with Gasteiger partial charge in [-0.1, -0.05) is 0 Å². The van der Waals surface area contributed by atoms with Crippen molar-refractivity contribution in [2.75, 3.05) is 20.2 Å². The van der Waals surface area contributed by atoms with Crippen LogP contribution in [0.4, 0.5) is 0 Å². The first kappa shape index (κ1) is 17.6. The van der Waals surface area contributed by atoms with Gasteiger partial charge in [0.05, 0.1) is 19.8 Å². The lowest BCUT2D eigenvalue weighted by Crippen LogP contribution is -2.37. The molecular formula is C17H22N4O3S. The summed E-state index contributed by atoms with van der Waals surface area (Å²) < 4.78 is 12.6. The third kappa shape index (κ3) is 4.90. The van der Waals surface area contributed by atoms with E-state index in [1.807, 2.05) is 43.1 Å². The summed E-state index contributed by atoms with van der Waals surface area (Å²) in [6.07, 6.45) is 2.16. The molecule has 0 radical (unpaired) electrons. The van der Waals surface area contributed by atoms with Crippen molar-refractivity contribution in [2.24, 2.45) is 0 Å². The Hall–Kier alpha value is -2.19. The second-order valence-corrected chi connectivity index (χ2v) is 6.48. The Labute approximate surface area is 151 Å². The first-order chi connectivity index (χ1) is 12.0. The lowest BCUT2D eigenvalue weighted by atomic mass is 10.2. The summed E-state index contributed by atoms with van der Waals surface area (Å²) in [5.74, 6) is 1.27. The fourth-order valence-corrected chi connectivity index (χ4v) is 2.57. The third-order valence-corrected chi connectivity index (χ3v) is 4.04. The highest BCUT2D eigenvalue weighted by molar-refractivity contribution is 7.71. The van der Waals surface area contributed by atoms with Crippen LogP contribution in [0.3, 0.4) is 0 Å². The number of hydrogen-bond acceptors (Lipinski definition) is 6. The van der Waals surface area contributed by atoms with Crippen LogP contribution < -0.4 is 10.1 Å². The lowest BCUT2D eigenvalue weighted by molar-refractivity contribution is -0.122. The molecule has 7 nitrogen and oxygen atoms in total. The van der Waals surface area contributed by atoms with Gasteiger partial charge < -0.3 is 14.5 Å². The Bertz CT molecular complexity index is 780. The molecule has 1 aliphatic rings. The Morgan fingerprint density at radius 2 is 2.16 bits per heavy atom. The van der Waals surface area contributed by atoms with Gasteiger partial charge >= 0.3 is 0 Å². The number of hydrogen-bond donors (Lipinski definition) is 1. The molecule has 0 spiro atoms. The van der Waals surface area contributed by atoms with E-state index in [0.29, 0.717) is 31.8 Å². The number of nitrogens with one attached hydrogen (secondary N) is 1. The van der Waals surface area contributed by atoms with E-state index in [-0.39, 0.29) is 10.7 Å². The third-order valence-electron chi connectivity index (χ3n) is 3.75. The molecule has 0 aliphatic heterocycles. The minimum atomic E-state index is 0.0201. The summed E-state index contributed by atoms with van der Waals surface area (Å²) >= 11 is 5.23. The lowest BCUT2D eigenvalue weighted by Gasteiger charge is -2.15. The zero-order valence-electron chi connectivity index (χ0n) is 14.4. The molecule has 1 saturated carbocycles. The van der Waals surface area contributed by atoms with Crippen LogP contribution in [-0.4, -0.2) is 46.8 Å². The molecular weight excluding hydrogens is 340 g/mol. The SMILES string of the molecule is CCOc1ccc(-c2nn(CN(C)CC(=O)NC3CC3)c(=S)o2)cc1. The van der Waals surface area contributed by atoms with Crippen molar-refractivity contribution >= 4 is 18.1 Å². The van der Waals surface area contributed by atoms with Crippen molar-refractivity contribution in [1.29, 1.82) is 0 Å². The summed E-state index contributed by atoms with van der Waals surface area (Å²) in [6.45, 7) is 3.24. The molecule has 0 atom stereocenters. The second-order valence-electron chi connectivity index (χ2n) is 6.13. The van der Waals surface area contributed by atoms with E-state index in [1.165, 1.54) is 0 Å². The van der Waals surface area contributed by atoms with E-state index in [2.05, 4.69) is 10.4 Å². The second kappa shape index (κ2) is 7.79. The van der Waals surface area contributed by atoms with Crippen LogP contribution in [-0.2, 0) is 11.5 Å². The summed E-state index contributed by atoms with van der Waals surface area (Å²) in [4.78, 5) is 14.0. The number of aromatic nitrogens is 2. The Kier molecular flexibility index (Phi) is 5.50. The van der Waals surface area contributed by atoms with Gasteiger partial charge in [0.15, 0.2) is 0 Å². The number of benzene rings is 1. The minimum Gasteiger partial charge on any atom is -0.494 e. The molecule has 1 fully saturated rings. The van der Waals surface area contributed by atoms with E-state index in [9.17, 15) is 4.79 Å². The largest absolute Gasteiger partial charge is 0.494 e. The van der Waals surface area contributed by atoms with Crippen LogP contribution in [0, 0.1) is 4.84 Å². The molecule has 0 unspecified atom stereocenters. The maximum Gasteiger partial charge on any atom is 0.288 e. The van der Waals surface area contributed by atoms with Crippen LogP contribution in [0.1, 0.15) is 19.8 Å². The molecule has 1 amide bonds. The molecule has 134 valence electrons. The smallest absolute Gasteiger partial charge is 0.288 e. The number of carbonyl (C=O) groups excluding carboxylic acids is 1. The Morgan fingerprint density at radius 3 is 2.80 bits per heavy atom. The van der Waals surface area contributed by atoms with Gasteiger partial charge in [0.25, 0.3) is 4.84 Å². The van der Waals surface area contributed by atoms with Crippen LogP contribution in [0.25, 0.3) is 11.5 Å². The van der Waals surface area contributed by atoms with Crippen molar-refractivity contribution < 1.29 is 13.9 Å². The topological polar surface area (TPSA) is 72.5 Å². The van der Waals surface area contributed by atoms with E-state index in [1.54, 1.807) is 4.68 Å². The molecule has 1 N–H and O–H groups in total. The quantitative estimate of drug-likeness (QED) is 0.727. The highest BCUT2D eigenvalue weighted by Crippen LogP contribution is 2.21. The monoisotopic (exact) mass is 362 g/mol. The van der Waals surface area contributed by atoms with Crippen molar-refractivity contribution in [3.8, 4) is 17.2 Å². The molecule has 0 saturated heterocycles. The van der Waals surface area contributed by atoms with Crippen LogP contribution in [0.15, 0.2) is 28.7 Å². The summed E-state index contributed by atoms with van der Waals surface area (Å²) in [6, 6.07) is 7.85. The number of likely N-dealkylation sites (N-methyl/N-ethyl adjacent to an activating group) is 1. The van der Waals surface area contributed by atoms with E-state index < -0.39 is 0 Å². The number of ether oxygens (including phenoxy) is 1. The normalized spacial score (nSPS) is 13.9. The van der Waals surface area contributed by atoms with Gasteiger partial charge in [-0.2, -0.15) is 0 Å². The van der Waals surface area contributed by atoms with Gasteiger partial charge in [-0.25, -0.2) is 4.68 Å². The molecule has 8 heteroatoms. The molecule has 1 aromatic carbocycles. The summed E-state index contributed by atoms with van der Waals surface area (Å²) in [7, 11) is 1.85. The Morgan fingerprint density at radius 1 is 1.44 bits per heavy atom. The zero-order valence-corrected chi connectivity index (χ0v) is 15.2. The molecule has 0 bridgehead atoms. The van der Waals surface area contributed by atoms with Gasteiger partial charge in [0, 0.05) is 11.6 Å². The van der Waals surface area contributed by atoms with Crippen LogP contribution >= 0.6 is 12.2 Å². The molecule has 3 rings (SSSR count). The van der Waals surface area contributed by atoms with Crippen LogP contribution in [0.2, 0.25) is 0 Å². The maximum atomic E-state index is 11.8. The average Bonchev–Trinajstić information content (AvgIpc) is 3.31. The van der Waals surface area contributed by atoms with Gasteiger partial charge in [-0.15, -0.1) is 5.10 Å². The summed E-state index contributed by atoms with van der Waals surface area (Å²) in [5.41, 5.74) is 0.822. The van der Waals surface area contributed by atoms with Crippen molar-refractivity contribution in [1.82, 2.24) is 20.0 Å². The fraction of sp³-hybridized carbons (Fsp3) is 0.471. The average molecular weight is 362 g/mol. The maximum absolute atomic E-state index is 11.8. The minimum absolute atomic E-state index is 0.0201. The van der Waals surface area contributed by atoms with Crippen molar-refractivity contribution in [3.63, 3.8) is 0 Å². The predicted molar refractivity (Wildman–Crippen MR) is 95.7 cm³/mol.